The molecule has 2 unspecified atom stereocenters. The summed E-state index contributed by atoms with van der Waals surface area (Å²) >= 11 is 3.46. The first kappa shape index (κ1) is 17.6. The van der Waals surface area contributed by atoms with Gasteiger partial charge >= 0.3 is 0 Å². The van der Waals surface area contributed by atoms with Crippen molar-refractivity contribution in [2.75, 3.05) is 6.54 Å². The molecule has 0 bridgehead atoms. The first-order valence-electron chi connectivity index (χ1n) is 8.93. The molecule has 6 heteroatoms. The van der Waals surface area contributed by atoms with E-state index in [-0.39, 0.29) is 18.0 Å². The molecule has 1 fully saturated rings. The molecule has 0 saturated carbocycles. The largest absolute Gasteiger partial charge is 0.451 e. The molecule has 1 amide bonds. The lowest BCUT2D eigenvalue weighted by Crippen LogP contribution is -2.51. The zero-order chi connectivity index (χ0) is 17.9. The van der Waals surface area contributed by atoms with Crippen molar-refractivity contribution in [1.29, 1.82) is 0 Å². The zero-order valence-corrected chi connectivity index (χ0v) is 16.3. The fraction of sp³-hybridized carbons (Fsp3) is 0.350. The Kier molecular flexibility index (Phi) is 5.33. The number of fused-ring (bicyclic) bond motifs is 1. The van der Waals surface area contributed by atoms with E-state index in [1.54, 1.807) is 23.1 Å². The van der Waals surface area contributed by atoms with Crippen molar-refractivity contribution >= 4 is 40.0 Å². The summed E-state index contributed by atoms with van der Waals surface area (Å²) < 4.78 is 7.21. The molecule has 1 saturated heterocycles. The molecule has 0 spiro atoms. The van der Waals surface area contributed by atoms with Gasteiger partial charge in [-0.25, -0.2) is 0 Å². The van der Waals surface area contributed by atoms with E-state index in [2.05, 4.69) is 29.0 Å². The number of amides is 1. The fourth-order valence-electron chi connectivity index (χ4n) is 3.39. The SMILES string of the molecule is CC1NCCCC1NC(=O)c1oc2ccccc2c1CSc1cccs1. The molecule has 1 aromatic carbocycles. The summed E-state index contributed by atoms with van der Waals surface area (Å²) in [6.45, 7) is 3.14. The van der Waals surface area contributed by atoms with E-state index in [0.717, 1.165) is 41.7 Å². The average Bonchev–Trinajstić information content (AvgIpc) is 3.29. The van der Waals surface area contributed by atoms with E-state index < -0.39 is 0 Å². The second-order valence-electron chi connectivity index (χ2n) is 6.59. The van der Waals surface area contributed by atoms with Crippen molar-refractivity contribution in [2.24, 2.45) is 0 Å². The Hall–Kier alpha value is -1.76. The first-order valence-corrected chi connectivity index (χ1v) is 10.8. The minimum absolute atomic E-state index is 0.108. The number of nitrogens with one attached hydrogen (secondary N) is 2. The maximum absolute atomic E-state index is 13.0. The molecule has 3 aromatic rings. The van der Waals surface area contributed by atoms with Crippen LogP contribution in [0.5, 0.6) is 0 Å². The lowest BCUT2D eigenvalue weighted by atomic mass is 9.99. The van der Waals surface area contributed by atoms with Crippen LogP contribution in [0.1, 0.15) is 35.9 Å². The maximum Gasteiger partial charge on any atom is 0.287 e. The van der Waals surface area contributed by atoms with Gasteiger partial charge in [0.2, 0.25) is 0 Å². The number of piperidine rings is 1. The lowest BCUT2D eigenvalue weighted by molar-refractivity contribution is 0.0893. The van der Waals surface area contributed by atoms with E-state index >= 15 is 0 Å². The van der Waals surface area contributed by atoms with Gasteiger partial charge in [-0.2, -0.15) is 0 Å². The molecule has 2 atom stereocenters. The highest BCUT2D eigenvalue weighted by Gasteiger charge is 2.26. The molecule has 136 valence electrons. The summed E-state index contributed by atoms with van der Waals surface area (Å²) in [6.07, 6.45) is 2.08. The smallest absolute Gasteiger partial charge is 0.287 e. The van der Waals surface area contributed by atoms with Gasteiger partial charge in [0.15, 0.2) is 5.76 Å². The Balaban J connectivity index is 1.60. The zero-order valence-electron chi connectivity index (χ0n) is 14.7. The van der Waals surface area contributed by atoms with Crippen molar-refractivity contribution in [3.8, 4) is 0 Å². The molecule has 4 rings (SSSR count). The molecule has 4 nitrogen and oxygen atoms in total. The van der Waals surface area contributed by atoms with Crippen LogP contribution in [0.15, 0.2) is 50.4 Å². The number of para-hydroxylation sites is 1. The van der Waals surface area contributed by atoms with Gasteiger partial charge in [-0.05, 0) is 43.8 Å². The first-order chi connectivity index (χ1) is 12.7. The van der Waals surface area contributed by atoms with Gasteiger partial charge in [-0.15, -0.1) is 23.1 Å². The number of thiophene rings is 1. The van der Waals surface area contributed by atoms with Crippen molar-refractivity contribution in [3.63, 3.8) is 0 Å². The molecule has 2 aromatic heterocycles. The van der Waals surface area contributed by atoms with Crippen molar-refractivity contribution in [2.45, 2.75) is 41.8 Å². The molecule has 0 aliphatic carbocycles. The number of carbonyl (C=O) groups is 1. The number of hydrogen-bond donors (Lipinski definition) is 2. The predicted molar refractivity (Wildman–Crippen MR) is 108 cm³/mol. The molecule has 1 aliphatic heterocycles. The van der Waals surface area contributed by atoms with E-state index in [0.29, 0.717) is 5.76 Å². The third kappa shape index (κ3) is 3.68. The number of thioether (sulfide) groups is 1. The highest BCUT2D eigenvalue weighted by atomic mass is 32.2. The number of rotatable bonds is 5. The fourth-order valence-corrected chi connectivity index (χ4v) is 5.20. The van der Waals surface area contributed by atoms with Crippen LogP contribution in [0.4, 0.5) is 0 Å². The second kappa shape index (κ2) is 7.86. The number of hydrogen-bond acceptors (Lipinski definition) is 5. The number of carbonyl (C=O) groups excluding carboxylic acids is 1. The van der Waals surface area contributed by atoms with E-state index in [1.807, 2.05) is 30.3 Å². The predicted octanol–water partition coefficient (Wildman–Crippen LogP) is 4.66. The average molecular weight is 387 g/mol. The van der Waals surface area contributed by atoms with Crippen LogP contribution < -0.4 is 10.6 Å². The molecule has 1 aliphatic rings. The van der Waals surface area contributed by atoms with Gasteiger partial charge < -0.3 is 15.1 Å². The lowest BCUT2D eigenvalue weighted by Gasteiger charge is -2.30. The normalized spacial score (nSPS) is 20.3. The Morgan fingerprint density at radius 2 is 2.23 bits per heavy atom. The highest BCUT2D eigenvalue weighted by molar-refractivity contribution is 8.00. The summed E-state index contributed by atoms with van der Waals surface area (Å²) in [6, 6.07) is 12.5. The van der Waals surface area contributed by atoms with Crippen molar-refractivity contribution in [3.05, 3.63) is 53.1 Å². The Morgan fingerprint density at radius 1 is 1.35 bits per heavy atom. The van der Waals surface area contributed by atoms with Gasteiger partial charge in [-0.3, -0.25) is 4.79 Å². The molecule has 2 N–H and O–H groups in total. The van der Waals surface area contributed by atoms with Crippen LogP contribution in [0.2, 0.25) is 0 Å². The van der Waals surface area contributed by atoms with E-state index in [1.165, 1.54) is 4.21 Å². The van der Waals surface area contributed by atoms with Gasteiger partial charge in [-0.1, -0.05) is 24.3 Å². The van der Waals surface area contributed by atoms with Crippen LogP contribution in [-0.2, 0) is 5.75 Å². The summed E-state index contributed by atoms with van der Waals surface area (Å²) in [5.41, 5.74) is 1.75. The Labute approximate surface area is 161 Å². The highest BCUT2D eigenvalue weighted by Crippen LogP contribution is 2.33. The minimum atomic E-state index is -0.108. The van der Waals surface area contributed by atoms with Gasteiger partial charge in [0.25, 0.3) is 5.91 Å². The molecule has 0 radical (unpaired) electrons. The third-order valence-electron chi connectivity index (χ3n) is 4.84. The minimum Gasteiger partial charge on any atom is -0.451 e. The van der Waals surface area contributed by atoms with Gasteiger partial charge in [0.1, 0.15) is 5.58 Å². The maximum atomic E-state index is 13.0. The van der Waals surface area contributed by atoms with Gasteiger partial charge in [0.05, 0.1) is 4.21 Å². The summed E-state index contributed by atoms with van der Waals surface area (Å²) in [7, 11) is 0. The molecule has 3 heterocycles. The van der Waals surface area contributed by atoms with Crippen LogP contribution in [0.25, 0.3) is 11.0 Å². The number of benzene rings is 1. The van der Waals surface area contributed by atoms with Crippen LogP contribution >= 0.6 is 23.1 Å². The van der Waals surface area contributed by atoms with Crippen molar-refractivity contribution in [1.82, 2.24) is 10.6 Å². The number of furan rings is 1. The monoisotopic (exact) mass is 386 g/mol. The summed E-state index contributed by atoms with van der Waals surface area (Å²) in [5, 5.41) is 9.70. The third-order valence-corrected chi connectivity index (χ3v) is 6.99. The van der Waals surface area contributed by atoms with Crippen LogP contribution in [0, 0.1) is 0 Å². The van der Waals surface area contributed by atoms with Crippen LogP contribution in [0.3, 0.4) is 0 Å². The second-order valence-corrected chi connectivity index (χ2v) is 8.81. The summed E-state index contributed by atoms with van der Waals surface area (Å²) in [4.78, 5) is 13.0. The van der Waals surface area contributed by atoms with Crippen LogP contribution in [-0.4, -0.2) is 24.5 Å². The quantitative estimate of drug-likeness (QED) is 0.627. The topological polar surface area (TPSA) is 54.3 Å². The molecular weight excluding hydrogens is 364 g/mol. The molecular formula is C20H22N2O2S2. The van der Waals surface area contributed by atoms with Gasteiger partial charge in [0, 0.05) is 28.8 Å². The molecule has 26 heavy (non-hydrogen) atoms. The van der Waals surface area contributed by atoms with Crippen molar-refractivity contribution < 1.29 is 9.21 Å². The summed E-state index contributed by atoms with van der Waals surface area (Å²) in [5.74, 6) is 1.07. The van der Waals surface area contributed by atoms with E-state index in [9.17, 15) is 4.79 Å². The Bertz CT molecular complexity index is 888. The standard InChI is InChI=1S/C20H22N2O2S2/c1-13-16(7-4-10-21-13)22-20(23)19-15(12-26-18-9-5-11-25-18)14-6-2-3-8-17(14)24-19/h2-3,5-6,8-9,11,13,16,21H,4,7,10,12H2,1H3,(H,22,23). The van der Waals surface area contributed by atoms with E-state index in [4.69, 9.17) is 4.42 Å². The Morgan fingerprint density at radius 3 is 3.04 bits per heavy atom.